The first-order valence-corrected chi connectivity index (χ1v) is 41.6. The Labute approximate surface area is 595 Å². The van der Waals surface area contributed by atoms with Gasteiger partial charge in [-0.15, -0.1) is 0 Å². The fourth-order valence-electron chi connectivity index (χ4n) is 17.0. The van der Waals surface area contributed by atoms with Gasteiger partial charge in [-0.3, -0.25) is 0 Å². The van der Waals surface area contributed by atoms with E-state index in [1.807, 2.05) is 0 Å². The Hall–Kier alpha value is -0.720. The SMILES string of the molecule is CCCCNCCC(CCC(N)CCCCCN)(CCC(N)CCCCCN)C(CCC(N)CCCCCN)(CCC(N)CCCCCN)C(CCC(N)CCCCCN)(CCC(N)CCCCCN)C(CCC(N)CCCCCN)(CCC(N)CCCCCN)NCCCC. The summed E-state index contributed by atoms with van der Waals surface area (Å²) in [5.41, 5.74) is 110. The highest BCUT2D eigenvalue weighted by atomic mass is 15.0. The van der Waals surface area contributed by atoms with Crippen molar-refractivity contribution in [2.24, 2.45) is 108 Å². The molecule has 0 bridgehead atoms. The van der Waals surface area contributed by atoms with Gasteiger partial charge in [0.1, 0.15) is 0 Å². The summed E-state index contributed by atoms with van der Waals surface area (Å²) in [7, 11) is 0. The van der Waals surface area contributed by atoms with Gasteiger partial charge >= 0.3 is 0 Å². The van der Waals surface area contributed by atoms with E-state index in [4.69, 9.17) is 97.1 Å². The molecule has 0 spiro atoms. The van der Waals surface area contributed by atoms with E-state index in [9.17, 15) is 0 Å². The molecule has 8 atom stereocenters. The van der Waals surface area contributed by atoms with E-state index in [-0.39, 0.29) is 53.7 Å². The van der Waals surface area contributed by atoms with Crippen molar-refractivity contribution in [3.63, 3.8) is 0 Å². The maximum absolute atomic E-state index is 7.84. The van der Waals surface area contributed by atoms with Crippen molar-refractivity contribution in [1.29, 1.82) is 0 Å². The second-order valence-corrected chi connectivity index (χ2v) is 31.2. The highest BCUT2D eigenvalue weighted by Gasteiger charge is 2.67. The van der Waals surface area contributed by atoms with Crippen LogP contribution < -0.4 is 102 Å². The van der Waals surface area contributed by atoms with Crippen LogP contribution in [-0.2, 0) is 0 Å². The molecule has 18 heteroatoms. The second kappa shape index (κ2) is 63.9. The number of hydrogen-bond acceptors (Lipinski definition) is 18. The molecule has 0 radical (unpaired) electrons. The maximum atomic E-state index is 7.84. The molecule has 0 heterocycles. The van der Waals surface area contributed by atoms with Crippen molar-refractivity contribution < 1.29 is 0 Å². The topological polar surface area (TPSA) is 440 Å². The van der Waals surface area contributed by atoms with Crippen molar-refractivity contribution in [1.82, 2.24) is 10.6 Å². The lowest BCUT2D eigenvalue weighted by molar-refractivity contribution is -0.183. The molecule has 0 aliphatic rings. The Kier molecular flexibility index (Phi) is 63.4. The van der Waals surface area contributed by atoms with Crippen LogP contribution in [0.3, 0.4) is 0 Å². The lowest BCUT2D eigenvalue weighted by Gasteiger charge is -2.70. The number of unbranched alkanes of at least 4 members (excludes halogenated alkanes) is 18. The molecular weight excluding hydrogens is 1190 g/mol. The van der Waals surface area contributed by atoms with E-state index in [0.717, 1.165) is 360 Å². The molecule has 0 aromatic rings. The molecule has 0 aliphatic carbocycles. The molecule has 0 rings (SSSR count). The van der Waals surface area contributed by atoms with E-state index >= 15 is 0 Å². The fraction of sp³-hybridized carbons (Fsp3) is 1.00. The minimum atomic E-state index is -0.476. The molecule has 578 valence electrons. The third-order valence-electron chi connectivity index (χ3n) is 23.2. The number of nitrogens with two attached hydrogens (primary N) is 16. The first-order valence-electron chi connectivity index (χ1n) is 41.6. The lowest BCUT2D eigenvalue weighted by atomic mass is 9.37. The van der Waals surface area contributed by atoms with Gasteiger partial charge in [0, 0.05) is 53.9 Å². The highest BCUT2D eigenvalue weighted by Crippen LogP contribution is 2.71. The second-order valence-electron chi connectivity index (χ2n) is 31.2. The lowest BCUT2D eigenvalue weighted by Crippen LogP contribution is -2.70. The monoisotopic (exact) mass is 1370 g/mol. The Morgan fingerprint density at radius 1 is 0.219 bits per heavy atom. The molecule has 0 fully saturated rings. The number of hydrogen-bond donors (Lipinski definition) is 18. The molecule has 34 N–H and O–H groups in total. The Morgan fingerprint density at radius 3 is 0.698 bits per heavy atom. The minimum absolute atomic E-state index is 0.00714. The molecule has 0 aromatic heterocycles. The molecule has 0 saturated heterocycles. The van der Waals surface area contributed by atoms with Gasteiger partial charge in [0.2, 0.25) is 0 Å². The average molecular weight is 1370 g/mol. The molecule has 0 aromatic carbocycles. The first-order chi connectivity index (χ1) is 46.5. The summed E-state index contributed by atoms with van der Waals surface area (Å²) in [6.07, 6.45) is 52.9. The summed E-state index contributed by atoms with van der Waals surface area (Å²) in [6, 6.07) is -0.00471. The molecule has 8 unspecified atom stereocenters. The van der Waals surface area contributed by atoms with Gasteiger partial charge in [0.05, 0.1) is 0 Å². The van der Waals surface area contributed by atoms with Crippen LogP contribution in [0, 0.1) is 16.2 Å². The smallest absolute Gasteiger partial charge is 0.0244 e. The molecule has 96 heavy (non-hydrogen) atoms. The summed E-state index contributed by atoms with van der Waals surface area (Å²) in [4.78, 5) is 0. The van der Waals surface area contributed by atoms with E-state index in [2.05, 4.69) is 19.2 Å². The first kappa shape index (κ1) is 95.3. The van der Waals surface area contributed by atoms with Gasteiger partial charge in [-0.25, -0.2) is 0 Å². The van der Waals surface area contributed by atoms with Gasteiger partial charge in [-0.1, -0.05) is 129 Å². The van der Waals surface area contributed by atoms with Gasteiger partial charge in [0.15, 0.2) is 0 Å². The van der Waals surface area contributed by atoms with Gasteiger partial charge in [0.25, 0.3) is 0 Å². The fourth-order valence-corrected chi connectivity index (χ4v) is 17.0. The van der Waals surface area contributed by atoms with Crippen LogP contribution in [0.25, 0.3) is 0 Å². The third-order valence-corrected chi connectivity index (χ3v) is 23.2. The van der Waals surface area contributed by atoms with Crippen LogP contribution in [0.4, 0.5) is 0 Å². The van der Waals surface area contributed by atoms with Crippen LogP contribution in [0.1, 0.15) is 354 Å². The van der Waals surface area contributed by atoms with E-state index in [1.165, 1.54) is 0 Å². The highest BCUT2D eigenvalue weighted by molar-refractivity contribution is 5.19. The van der Waals surface area contributed by atoms with E-state index in [0.29, 0.717) is 52.4 Å². The van der Waals surface area contributed by atoms with Crippen LogP contribution in [0.2, 0.25) is 0 Å². The van der Waals surface area contributed by atoms with Crippen molar-refractivity contribution in [2.75, 3.05) is 72.0 Å². The maximum Gasteiger partial charge on any atom is 0.0244 e. The van der Waals surface area contributed by atoms with Gasteiger partial charge in [-0.05, 0) is 313 Å². The standard InChI is InChI=1S/C78H176N18/c1-3-5-64-95-66-55-75(47-39-67(87)31-15-7-23-56-79,48-40-68(88)32-16-8-24-57-80)76(49-41-69(89)33-17-9-25-58-81,50-42-70(90)34-18-10-26-59-82)77(51-43-71(91)35-19-11-27-60-83,52-44-72(92)36-20-12-28-61-84)78(96-65-6-4-2,53-45-73(93)37-21-13-29-62-85)54-46-74(94)38-22-14-30-63-86/h67-74,95-96H,3-66,79-94H2,1-2H3. The third kappa shape index (κ3) is 42.8. The summed E-state index contributed by atoms with van der Waals surface area (Å²) in [5.74, 6) is 0. The summed E-state index contributed by atoms with van der Waals surface area (Å²) < 4.78 is 0. The Morgan fingerprint density at radius 2 is 0.448 bits per heavy atom. The minimum Gasteiger partial charge on any atom is -0.330 e. The van der Waals surface area contributed by atoms with Crippen molar-refractivity contribution >= 4 is 0 Å². The summed E-state index contributed by atoms with van der Waals surface area (Å²) in [6.45, 7) is 13.0. The van der Waals surface area contributed by atoms with Crippen LogP contribution in [-0.4, -0.2) is 126 Å². The Bertz CT molecular complexity index is 1530. The largest absolute Gasteiger partial charge is 0.330 e. The van der Waals surface area contributed by atoms with E-state index < -0.39 is 16.4 Å². The molecular formula is C78H176N18. The molecule has 0 amide bonds. The van der Waals surface area contributed by atoms with Crippen molar-refractivity contribution in [3.8, 4) is 0 Å². The van der Waals surface area contributed by atoms with Crippen molar-refractivity contribution in [3.05, 3.63) is 0 Å². The normalized spacial score (nSPS) is 17.3. The average Bonchev–Trinajstić information content (AvgIpc) is 0.695. The van der Waals surface area contributed by atoms with Crippen LogP contribution >= 0.6 is 0 Å². The van der Waals surface area contributed by atoms with Crippen molar-refractivity contribution in [2.45, 2.75) is 408 Å². The number of rotatable bonds is 77. The zero-order valence-electron chi connectivity index (χ0n) is 64.1. The van der Waals surface area contributed by atoms with Gasteiger partial charge < -0.3 is 102 Å². The van der Waals surface area contributed by atoms with Crippen LogP contribution in [0.15, 0.2) is 0 Å². The quantitative estimate of drug-likeness (QED) is 0.0252. The molecule has 0 saturated carbocycles. The van der Waals surface area contributed by atoms with E-state index in [1.54, 1.807) is 0 Å². The van der Waals surface area contributed by atoms with Gasteiger partial charge in [-0.2, -0.15) is 0 Å². The van der Waals surface area contributed by atoms with Crippen LogP contribution in [0.5, 0.6) is 0 Å². The summed E-state index contributed by atoms with van der Waals surface area (Å²) >= 11 is 0. The zero-order valence-corrected chi connectivity index (χ0v) is 64.1. The molecule has 0 aliphatic heterocycles. The predicted octanol–water partition coefficient (Wildman–Crippen LogP) is 10.9. The Balaban J connectivity index is 10.7. The number of nitrogens with one attached hydrogen (secondary N) is 2. The summed E-state index contributed by atoms with van der Waals surface area (Å²) in [5, 5.41) is 8.98. The predicted molar refractivity (Wildman–Crippen MR) is 423 cm³/mol. The molecule has 18 nitrogen and oxygen atoms in total. The zero-order chi connectivity index (χ0) is 71.3.